The van der Waals surface area contributed by atoms with E-state index in [9.17, 15) is 0 Å². The van der Waals surface area contributed by atoms with Gasteiger partial charge in [0, 0.05) is 19.0 Å². The highest BCUT2D eigenvalue weighted by Crippen LogP contribution is 2.19. The number of imidazole rings is 1. The molecule has 1 N–H and O–H groups in total. The van der Waals surface area contributed by atoms with Crippen molar-refractivity contribution in [2.24, 2.45) is 5.92 Å². The van der Waals surface area contributed by atoms with Crippen molar-refractivity contribution >= 4 is 11.0 Å². The summed E-state index contributed by atoms with van der Waals surface area (Å²) in [5, 5.41) is 3.59. The van der Waals surface area contributed by atoms with Gasteiger partial charge in [-0.2, -0.15) is 0 Å². The van der Waals surface area contributed by atoms with E-state index in [0.717, 1.165) is 31.4 Å². The third kappa shape index (κ3) is 3.21. The van der Waals surface area contributed by atoms with Crippen LogP contribution in [0.4, 0.5) is 0 Å². The van der Waals surface area contributed by atoms with Gasteiger partial charge < -0.3 is 9.88 Å². The van der Waals surface area contributed by atoms with Crippen molar-refractivity contribution in [2.45, 2.75) is 53.1 Å². The van der Waals surface area contributed by atoms with Crippen molar-refractivity contribution in [2.75, 3.05) is 6.54 Å². The summed E-state index contributed by atoms with van der Waals surface area (Å²) in [5.41, 5.74) is 2.39. The van der Waals surface area contributed by atoms with Crippen LogP contribution in [-0.2, 0) is 13.0 Å². The Morgan fingerprint density at radius 2 is 1.95 bits per heavy atom. The number of hydrogen-bond acceptors (Lipinski definition) is 2. The molecular formula is C17H27N3. The number of hydrogen-bond donors (Lipinski definition) is 1. The first-order chi connectivity index (χ1) is 9.67. The number of aryl methyl sites for hydroxylation is 1. The Morgan fingerprint density at radius 1 is 1.20 bits per heavy atom. The number of nitrogens with one attached hydrogen (secondary N) is 1. The Bertz CT molecular complexity index is 542. The minimum absolute atomic E-state index is 0.493. The molecule has 3 heteroatoms. The Balaban J connectivity index is 2.34. The van der Waals surface area contributed by atoms with Crippen molar-refractivity contribution < 1.29 is 0 Å². The summed E-state index contributed by atoms with van der Waals surface area (Å²) in [7, 11) is 0. The first-order valence-corrected chi connectivity index (χ1v) is 7.84. The van der Waals surface area contributed by atoms with Crippen LogP contribution in [0.1, 0.15) is 39.9 Å². The number of aromatic nitrogens is 2. The molecule has 1 unspecified atom stereocenters. The second-order valence-electron chi connectivity index (χ2n) is 5.78. The van der Waals surface area contributed by atoms with E-state index in [-0.39, 0.29) is 0 Å². The molecule has 1 atom stereocenters. The molecule has 0 aliphatic heterocycles. The molecule has 0 saturated heterocycles. The zero-order valence-corrected chi connectivity index (χ0v) is 13.2. The van der Waals surface area contributed by atoms with Crippen LogP contribution in [-0.4, -0.2) is 22.1 Å². The van der Waals surface area contributed by atoms with Crippen LogP contribution in [0.15, 0.2) is 24.3 Å². The van der Waals surface area contributed by atoms with Gasteiger partial charge >= 0.3 is 0 Å². The number of fused-ring (bicyclic) bond motifs is 1. The summed E-state index contributed by atoms with van der Waals surface area (Å²) in [5.74, 6) is 1.83. The number of likely N-dealkylation sites (N-methyl/N-ethyl adjacent to an activating group) is 1. The molecule has 0 fully saturated rings. The topological polar surface area (TPSA) is 29.9 Å². The second-order valence-corrected chi connectivity index (χ2v) is 5.78. The highest BCUT2D eigenvalue weighted by molar-refractivity contribution is 5.75. The molecule has 2 aromatic rings. The molecule has 20 heavy (non-hydrogen) atoms. The molecule has 0 aliphatic carbocycles. The van der Waals surface area contributed by atoms with E-state index in [2.05, 4.69) is 61.8 Å². The average molecular weight is 273 g/mol. The van der Waals surface area contributed by atoms with Crippen molar-refractivity contribution in [1.82, 2.24) is 14.9 Å². The van der Waals surface area contributed by atoms with E-state index in [1.54, 1.807) is 0 Å². The molecule has 1 aromatic heterocycles. The lowest BCUT2D eigenvalue weighted by Gasteiger charge is -2.22. The lowest BCUT2D eigenvalue weighted by Crippen LogP contribution is -2.36. The second kappa shape index (κ2) is 6.89. The fourth-order valence-electron chi connectivity index (χ4n) is 2.76. The standard InChI is InChI=1S/C17H27N3/c1-5-11-20-16-10-8-7-9-14(16)19-17(20)12-15(13(3)4)18-6-2/h7-10,13,15,18H,5-6,11-12H2,1-4H3. The molecule has 0 amide bonds. The highest BCUT2D eigenvalue weighted by atomic mass is 15.1. The van der Waals surface area contributed by atoms with Crippen LogP contribution in [0.5, 0.6) is 0 Å². The van der Waals surface area contributed by atoms with Crippen LogP contribution in [0.25, 0.3) is 11.0 Å². The lowest BCUT2D eigenvalue weighted by molar-refractivity contribution is 0.394. The molecule has 0 aliphatic rings. The fourth-order valence-corrected chi connectivity index (χ4v) is 2.76. The molecule has 0 spiro atoms. The van der Waals surface area contributed by atoms with Crippen LogP contribution < -0.4 is 5.32 Å². The summed E-state index contributed by atoms with van der Waals surface area (Å²) in [4.78, 5) is 4.86. The Labute approximate surface area is 122 Å². The third-order valence-electron chi connectivity index (χ3n) is 3.85. The molecule has 2 rings (SSSR count). The maximum atomic E-state index is 4.86. The van der Waals surface area contributed by atoms with Gasteiger partial charge in [0.15, 0.2) is 0 Å². The summed E-state index contributed by atoms with van der Waals surface area (Å²) in [6, 6.07) is 8.96. The number of para-hydroxylation sites is 2. The van der Waals surface area contributed by atoms with E-state index in [4.69, 9.17) is 4.98 Å². The van der Waals surface area contributed by atoms with E-state index in [0.29, 0.717) is 12.0 Å². The Kier molecular flexibility index (Phi) is 5.18. The zero-order valence-electron chi connectivity index (χ0n) is 13.2. The van der Waals surface area contributed by atoms with Crippen molar-refractivity contribution in [3.63, 3.8) is 0 Å². The number of benzene rings is 1. The number of nitrogens with zero attached hydrogens (tertiary/aromatic N) is 2. The summed E-state index contributed by atoms with van der Waals surface area (Å²) in [6.07, 6.45) is 2.14. The number of rotatable bonds is 7. The van der Waals surface area contributed by atoms with Gasteiger partial charge in [-0.25, -0.2) is 4.98 Å². The van der Waals surface area contributed by atoms with Crippen LogP contribution in [0, 0.1) is 5.92 Å². The van der Waals surface area contributed by atoms with Gasteiger partial charge in [0.1, 0.15) is 5.82 Å². The van der Waals surface area contributed by atoms with Gasteiger partial charge in [-0.3, -0.25) is 0 Å². The van der Waals surface area contributed by atoms with Gasteiger partial charge in [0.2, 0.25) is 0 Å². The quantitative estimate of drug-likeness (QED) is 0.835. The van der Waals surface area contributed by atoms with Gasteiger partial charge in [0.05, 0.1) is 11.0 Å². The largest absolute Gasteiger partial charge is 0.328 e. The highest BCUT2D eigenvalue weighted by Gasteiger charge is 2.17. The molecule has 0 radical (unpaired) electrons. The summed E-state index contributed by atoms with van der Waals surface area (Å²) in [6.45, 7) is 11.0. The average Bonchev–Trinajstić information content (AvgIpc) is 2.77. The van der Waals surface area contributed by atoms with Crippen molar-refractivity contribution in [1.29, 1.82) is 0 Å². The minimum Gasteiger partial charge on any atom is -0.328 e. The monoisotopic (exact) mass is 273 g/mol. The minimum atomic E-state index is 0.493. The van der Waals surface area contributed by atoms with E-state index in [1.165, 1.54) is 11.3 Å². The van der Waals surface area contributed by atoms with E-state index >= 15 is 0 Å². The molecule has 0 bridgehead atoms. The Hall–Kier alpha value is -1.35. The first-order valence-electron chi connectivity index (χ1n) is 7.84. The predicted octanol–water partition coefficient (Wildman–Crippen LogP) is 3.62. The lowest BCUT2D eigenvalue weighted by atomic mass is 10.0. The smallest absolute Gasteiger partial charge is 0.111 e. The predicted molar refractivity (Wildman–Crippen MR) is 86.0 cm³/mol. The van der Waals surface area contributed by atoms with E-state index in [1.807, 2.05) is 0 Å². The van der Waals surface area contributed by atoms with Crippen molar-refractivity contribution in [3.05, 3.63) is 30.1 Å². The SMILES string of the molecule is CCCn1c(CC(NCC)C(C)C)nc2ccccc21. The summed E-state index contributed by atoms with van der Waals surface area (Å²) < 4.78 is 2.39. The third-order valence-corrected chi connectivity index (χ3v) is 3.85. The van der Waals surface area contributed by atoms with Crippen molar-refractivity contribution in [3.8, 4) is 0 Å². The van der Waals surface area contributed by atoms with Crippen LogP contribution in [0.2, 0.25) is 0 Å². The van der Waals surface area contributed by atoms with Gasteiger partial charge in [0.25, 0.3) is 0 Å². The van der Waals surface area contributed by atoms with Crippen LogP contribution in [0.3, 0.4) is 0 Å². The van der Waals surface area contributed by atoms with Gasteiger partial charge in [-0.1, -0.05) is 39.8 Å². The molecule has 3 nitrogen and oxygen atoms in total. The first kappa shape index (κ1) is 15.0. The maximum absolute atomic E-state index is 4.86. The normalized spacial score (nSPS) is 13.2. The van der Waals surface area contributed by atoms with Gasteiger partial charge in [-0.05, 0) is 31.0 Å². The molecule has 0 saturated carbocycles. The maximum Gasteiger partial charge on any atom is 0.111 e. The molecule has 1 aromatic carbocycles. The van der Waals surface area contributed by atoms with E-state index < -0.39 is 0 Å². The molecule has 1 heterocycles. The fraction of sp³-hybridized carbons (Fsp3) is 0.588. The van der Waals surface area contributed by atoms with Gasteiger partial charge in [-0.15, -0.1) is 0 Å². The molecular weight excluding hydrogens is 246 g/mol. The van der Waals surface area contributed by atoms with Crippen LogP contribution >= 0.6 is 0 Å². The zero-order chi connectivity index (χ0) is 14.5. The molecule has 110 valence electrons. The Morgan fingerprint density at radius 3 is 2.60 bits per heavy atom. The summed E-state index contributed by atoms with van der Waals surface area (Å²) >= 11 is 0.